The summed E-state index contributed by atoms with van der Waals surface area (Å²) in [5.41, 5.74) is 6.90. The molecule has 1 aliphatic rings. The average Bonchev–Trinajstić information content (AvgIpc) is 2.51. The zero-order valence-corrected chi connectivity index (χ0v) is 8.57. The Morgan fingerprint density at radius 2 is 2.57 bits per heavy atom. The lowest BCUT2D eigenvalue weighted by Gasteiger charge is -2.23. The van der Waals surface area contributed by atoms with Gasteiger partial charge in [-0.1, -0.05) is 0 Å². The van der Waals surface area contributed by atoms with E-state index in [1.165, 1.54) is 6.42 Å². The molecule has 0 saturated carbocycles. The van der Waals surface area contributed by atoms with Crippen LogP contribution in [0.25, 0.3) is 0 Å². The van der Waals surface area contributed by atoms with Crippen LogP contribution in [0.3, 0.4) is 0 Å². The number of aromatic nitrogens is 2. The predicted molar refractivity (Wildman–Crippen MR) is 54.9 cm³/mol. The highest BCUT2D eigenvalue weighted by Gasteiger charge is 2.16. The third-order valence-electron chi connectivity index (χ3n) is 2.78. The Morgan fingerprint density at radius 1 is 1.71 bits per heavy atom. The van der Waals surface area contributed by atoms with Crippen LogP contribution in [0.2, 0.25) is 0 Å². The molecule has 0 aliphatic carbocycles. The second kappa shape index (κ2) is 4.00. The summed E-state index contributed by atoms with van der Waals surface area (Å²) in [6.45, 7) is 4.75. The summed E-state index contributed by atoms with van der Waals surface area (Å²) in [4.78, 5) is 4.08. The van der Waals surface area contributed by atoms with Crippen molar-refractivity contribution in [2.75, 3.05) is 18.9 Å². The molecule has 78 valence electrons. The second-order valence-electron chi connectivity index (χ2n) is 3.95. The topological polar surface area (TPSA) is 53.1 Å². The number of imidazole rings is 1. The van der Waals surface area contributed by atoms with Crippen molar-refractivity contribution in [3.63, 3.8) is 0 Å². The Kier molecular flexibility index (Phi) is 2.72. The van der Waals surface area contributed by atoms with Crippen molar-refractivity contribution in [3.05, 3.63) is 11.9 Å². The monoisotopic (exact) mass is 195 g/mol. The highest BCUT2D eigenvalue weighted by atomic mass is 16.5. The van der Waals surface area contributed by atoms with E-state index >= 15 is 0 Å². The number of nitrogens with two attached hydrogens (primary N) is 1. The molecule has 1 saturated heterocycles. The molecule has 1 aromatic rings. The largest absolute Gasteiger partial charge is 0.381 e. The van der Waals surface area contributed by atoms with Gasteiger partial charge in [0.25, 0.3) is 0 Å². The minimum atomic E-state index is 0.596. The standard InChI is InChI=1S/C10H17N3O/c1-8-5-12-10(11)13(8)6-9-3-2-4-14-7-9/h5,9H,2-4,6-7H2,1H3,(H2,11,12). The average molecular weight is 195 g/mol. The summed E-state index contributed by atoms with van der Waals surface area (Å²) in [6, 6.07) is 0. The van der Waals surface area contributed by atoms with E-state index in [0.29, 0.717) is 11.9 Å². The van der Waals surface area contributed by atoms with Crippen molar-refractivity contribution >= 4 is 5.95 Å². The van der Waals surface area contributed by atoms with Gasteiger partial charge in [-0.3, -0.25) is 0 Å². The molecule has 1 atom stereocenters. The first kappa shape index (κ1) is 9.52. The molecule has 2 heterocycles. The van der Waals surface area contributed by atoms with Gasteiger partial charge in [0.2, 0.25) is 0 Å². The highest BCUT2D eigenvalue weighted by molar-refractivity contribution is 5.21. The SMILES string of the molecule is Cc1cnc(N)n1CC1CCCOC1. The molecule has 2 rings (SSSR count). The van der Waals surface area contributed by atoms with Crippen LogP contribution in [0, 0.1) is 12.8 Å². The first-order valence-corrected chi connectivity index (χ1v) is 5.12. The molecule has 2 N–H and O–H groups in total. The summed E-state index contributed by atoms with van der Waals surface area (Å²) < 4.78 is 7.50. The summed E-state index contributed by atoms with van der Waals surface area (Å²) in [6.07, 6.45) is 4.22. The van der Waals surface area contributed by atoms with Gasteiger partial charge in [-0.2, -0.15) is 0 Å². The lowest BCUT2D eigenvalue weighted by molar-refractivity contribution is 0.0484. The lowest BCUT2D eigenvalue weighted by Crippen LogP contribution is -2.23. The van der Waals surface area contributed by atoms with Gasteiger partial charge in [0.15, 0.2) is 5.95 Å². The normalized spacial score (nSPS) is 22.5. The smallest absolute Gasteiger partial charge is 0.200 e. The Labute approximate surface area is 84.1 Å². The van der Waals surface area contributed by atoms with Crippen LogP contribution in [0.5, 0.6) is 0 Å². The predicted octanol–water partition coefficient (Wildman–Crippen LogP) is 1.20. The summed E-state index contributed by atoms with van der Waals surface area (Å²) in [7, 11) is 0. The van der Waals surface area contributed by atoms with Crippen molar-refractivity contribution in [1.82, 2.24) is 9.55 Å². The molecule has 0 aromatic carbocycles. The summed E-state index contributed by atoms with van der Waals surface area (Å²) >= 11 is 0. The molecular formula is C10H17N3O. The maximum Gasteiger partial charge on any atom is 0.200 e. The van der Waals surface area contributed by atoms with Gasteiger partial charge in [0.05, 0.1) is 12.8 Å². The van der Waals surface area contributed by atoms with E-state index in [1.807, 2.05) is 13.1 Å². The molecule has 14 heavy (non-hydrogen) atoms. The fraction of sp³-hybridized carbons (Fsp3) is 0.700. The number of aryl methyl sites for hydroxylation is 1. The molecule has 0 spiro atoms. The van der Waals surface area contributed by atoms with Crippen molar-refractivity contribution in [3.8, 4) is 0 Å². The number of hydrogen-bond donors (Lipinski definition) is 1. The van der Waals surface area contributed by atoms with Crippen LogP contribution in [0.4, 0.5) is 5.95 Å². The van der Waals surface area contributed by atoms with Crippen molar-refractivity contribution in [2.24, 2.45) is 5.92 Å². The molecule has 1 aromatic heterocycles. The maximum atomic E-state index is 5.77. The minimum Gasteiger partial charge on any atom is -0.381 e. The zero-order chi connectivity index (χ0) is 9.97. The van der Waals surface area contributed by atoms with E-state index in [2.05, 4.69) is 9.55 Å². The lowest BCUT2D eigenvalue weighted by atomic mass is 10.0. The van der Waals surface area contributed by atoms with Gasteiger partial charge in [0.1, 0.15) is 0 Å². The molecule has 1 fully saturated rings. The Bertz CT molecular complexity index is 283. The molecule has 0 amide bonds. The Hall–Kier alpha value is -1.03. The van der Waals surface area contributed by atoms with Gasteiger partial charge in [-0.05, 0) is 19.8 Å². The van der Waals surface area contributed by atoms with Gasteiger partial charge in [-0.25, -0.2) is 4.98 Å². The first-order valence-electron chi connectivity index (χ1n) is 5.12. The molecule has 4 nitrogen and oxygen atoms in total. The second-order valence-corrected chi connectivity index (χ2v) is 3.95. The third-order valence-corrected chi connectivity index (χ3v) is 2.78. The number of rotatable bonds is 2. The van der Waals surface area contributed by atoms with Crippen LogP contribution in [-0.4, -0.2) is 22.8 Å². The number of nitrogens with zero attached hydrogens (tertiary/aromatic N) is 2. The summed E-state index contributed by atoms with van der Waals surface area (Å²) in [5, 5.41) is 0. The Morgan fingerprint density at radius 3 is 3.14 bits per heavy atom. The molecule has 1 unspecified atom stereocenters. The van der Waals surface area contributed by atoms with Crippen molar-refractivity contribution < 1.29 is 4.74 Å². The maximum absolute atomic E-state index is 5.77. The first-order chi connectivity index (χ1) is 6.77. The zero-order valence-electron chi connectivity index (χ0n) is 8.57. The minimum absolute atomic E-state index is 0.596. The summed E-state index contributed by atoms with van der Waals surface area (Å²) in [5.74, 6) is 1.21. The fourth-order valence-electron chi connectivity index (χ4n) is 1.93. The van der Waals surface area contributed by atoms with E-state index in [1.54, 1.807) is 0 Å². The van der Waals surface area contributed by atoms with Crippen LogP contribution >= 0.6 is 0 Å². The van der Waals surface area contributed by atoms with Crippen LogP contribution in [0.15, 0.2) is 6.20 Å². The van der Waals surface area contributed by atoms with Crippen molar-refractivity contribution in [1.29, 1.82) is 0 Å². The molecule has 0 radical (unpaired) electrons. The molecule has 4 heteroatoms. The van der Waals surface area contributed by atoms with Gasteiger partial charge in [-0.15, -0.1) is 0 Å². The van der Waals surface area contributed by atoms with E-state index in [-0.39, 0.29) is 0 Å². The van der Waals surface area contributed by atoms with Gasteiger partial charge < -0.3 is 15.0 Å². The number of hydrogen-bond acceptors (Lipinski definition) is 3. The number of ether oxygens (including phenoxy) is 1. The van der Waals surface area contributed by atoms with Gasteiger partial charge >= 0.3 is 0 Å². The van der Waals surface area contributed by atoms with E-state index < -0.39 is 0 Å². The van der Waals surface area contributed by atoms with E-state index in [0.717, 1.165) is 31.9 Å². The van der Waals surface area contributed by atoms with Crippen LogP contribution in [0.1, 0.15) is 18.5 Å². The van der Waals surface area contributed by atoms with Crippen LogP contribution in [-0.2, 0) is 11.3 Å². The van der Waals surface area contributed by atoms with E-state index in [4.69, 9.17) is 10.5 Å². The third kappa shape index (κ3) is 1.90. The van der Waals surface area contributed by atoms with Gasteiger partial charge in [0, 0.05) is 24.8 Å². The number of anilines is 1. The molecular weight excluding hydrogens is 178 g/mol. The van der Waals surface area contributed by atoms with Crippen molar-refractivity contribution in [2.45, 2.75) is 26.3 Å². The van der Waals surface area contributed by atoms with Crippen LogP contribution < -0.4 is 5.73 Å². The fourth-order valence-corrected chi connectivity index (χ4v) is 1.93. The Balaban J connectivity index is 2.02. The quantitative estimate of drug-likeness (QED) is 0.771. The highest BCUT2D eigenvalue weighted by Crippen LogP contribution is 2.18. The van der Waals surface area contributed by atoms with E-state index in [9.17, 15) is 0 Å². The molecule has 1 aliphatic heterocycles. The molecule has 0 bridgehead atoms. The number of nitrogen functional groups attached to an aromatic ring is 1.